The molecule has 0 radical (unpaired) electrons. The van der Waals surface area contributed by atoms with Gasteiger partial charge in [0, 0.05) is 61.8 Å². The van der Waals surface area contributed by atoms with Gasteiger partial charge in [0.2, 0.25) is 5.91 Å². The summed E-state index contributed by atoms with van der Waals surface area (Å²) in [7, 11) is 0. The first-order chi connectivity index (χ1) is 17.6. The molecule has 11 heteroatoms. The van der Waals surface area contributed by atoms with Crippen molar-refractivity contribution in [3.8, 4) is 5.82 Å². The molecule has 1 saturated heterocycles. The zero-order valence-corrected chi connectivity index (χ0v) is 20.6. The molecule has 5 rings (SSSR count). The van der Waals surface area contributed by atoms with Crippen molar-refractivity contribution < 1.29 is 9.59 Å². The lowest BCUT2D eigenvalue weighted by molar-refractivity contribution is -0.122. The molecule has 2 atom stereocenters. The number of anilines is 1. The highest BCUT2D eigenvalue weighted by Gasteiger charge is 2.33. The number of pyridine rings is 1. The highest BCUT2D eigenvalue weighted by atomic mass is 32.1. The van der Waals surface area contributed by atoms with Crippen LogP contribution in [0.2, 0.25) is 0 Å². The van der Waals surface area contributed by atoms with Gasteiger partial charge >= 0.3 is 0 Å². The van der Waals surface area contributed by atoms with Crippen LogP contribution < -0.4 is 10.2 Å². The van der Waals surface area contributed by atoms with Gasteiger partial charge < -0.3 is 15.1 Å². The lowest BCUT2D eigenvalue weighted by atomic mass is 10.1. The van der Waals surface area contributed by atoms with Crippen molar-refractivity contribution in [3.63, 3.8) is 0 Å². The molecule has 4 aromatic heterocycles. The minimum absolute atomic E-state index is 0.0783. The van der Waals surface area contributed by atoms with Gasteiger partial charge in [-0.15, -0.1) is 11.3 Å². The van der Waals surface area contributed by atoms with Crippen LogP contribution in [-0.4, -0.2) is 66.9 Å². The number of carbonyl (C=O) groups is 2. The first-order valence-electron chi connectivity index (χ1n) is 11.7. The van der Waals surface area contributed by atoms with Crippen molar-refractivity contribution in [2.45, 2.75) is 25.4 Å². The molecule has 10 nitrogen and oxygen atoms in total. The predicted octanol–water partition coefficient (Wildman–Crippen LogP) is 2.72. The predicted molar refractivity (Wildman–Crippen MR) is 136 cm³/mol. The third-order valence-corrected chi connectivity index (χ3v) is 7.20. The van der Waals surface area contributed by atoms with Crippen LogP contribution in [0.5, 0.6) is 0 Å². The van der Waals surface area contributed by atoms with E-state index in [2.05, 4.69) is 30.2 Å². The molecular formula is C25H26N8O2S. The maximum absolute atomic E-state index is 13.1. The van der Waals surface area contributed by atoms with Gasteiger partial charge in [-0.1, -0.05) is 6.07 Å². The fourth-order valence-electron chi connectivity index (χ4n) is 4.34. The summed E-state index contributed by atoms with van der Waals surface area (Å²) in [5.74, 6) is 1.21. The summed E-state index contributed by atoms with van der Waals surface area (Å²) in [5.41, 5.74) is 0.532. The van der Waals surface area contributed by atoms with Crippen molar-refractivity contribution in [3.05, 3.63) is 83.6 Å². The molecule has 2 amide bonds. The van der Waals surface area contributed by atoms with Crippen molar-refractivity contribution in [1.29, 1.82) is 0 Å². The van der Waals surface area contributed by atoms with Crippen molar-refractivity contribution in [2.75, 3.05) is 24.5 Å². The number of nitrogens with zero attached hydrogens (tertiary/aromatic N) is 7. The van der Waals surface area contributed by atoms with Crippen LogP contribution in [0.15, 0.2) is 73.2 Å². The van der Waals surface area contributed by atoms with E-state index in [1.165, 1.54) is 6.33 Å². The Morgan fingerprint density at radius 1 is 1.14 bits per heavy atom. The molecule has 1 N–H and O–H groups in total. The average Bonchev–Trinajstić information content (AvgIpc) is 3.64. The maximum Gasteiger partial charge on any atom is 0.255 e. The van der Waals surface area contributed by atoms with Gasteiger partial charge in [-0.05, 0) is 30.5 Å². The number of rotatable bonds is 7. The SMILES string of the molecule is CC(NC(=O)CC1CN(C(=O)c2cccnc2)CCN1c1cc(-n2ccnc2)ncn1)c1cccs1. The number of hydrogen-bond donors (Lipinski definition) is 1. The molecule has 0 bridgehead atoms. The summed E-state index contributed by atoms with van der Waals surface area (Å²) in [6, 6.07) is 9.01. The summed E-state index contributed by atoms with van der Waals surface area (Å²) in [4.78, 5) is 48.2. The second kappa shape index (κ2) is 10.6. The largest absolute Gasteiger partial charge is 0.349 e. The monoisotopic (exact) mass is 502 g/mol. The van der Waals surface area contributed by atoms with Crippen molar-refractivity contribution in [1.82, 2.24) is 34.7 Å². The smallest absolute Gasteiger partial charge is 0.255 e. The van der Waals surface area contributed by atoms with E-state index in [-0.39, 0.29) is 30.3 Å². The van der Waals surface area contributed by atoms with E-state index in [0.29, 0.717) is 36.8 Å². The van der Waals surface area contributed by atoms with Crippen LogP contribution in [-0.2, 0) is 4.79 Å². The van der Waals surface area contributed by atoms with E-state index in [0.717, 1.165) is 4.88 Å². The quantitative estimate of drug-likeness (QED) is 0.414. The van der Waals surface area contributed by atoms with Crippen LogP contribution in [0.25, 0.3) is 5.82 Å². The Labute approximate surface area is 212 Å². The molecule has 0 aliphatic carbocycles. The van der Waals surface area contributed by atoms with Crippen molar-refractivity contribution in [2.24, 2.45) is 0 Å². The number of amides is 2. The normalized spacial score (nSPS) is 16.5. The van der Waals surface area contributed by atoms with Gasteiger partial charge in [0.25, 0.3) is 5.91 Å². The number of nitrogens with one attached hydrogen (secondary N) is 1. The van der Waals surface area contributed by atoms with Crippen LogP contribution in [0.3, 0.4) is 0 Å². The molecule has 1 aliphatic rings. The fraction of sp³-hybridized carbons (Fsp3) is 0.280. The molecule has 184 valence electrons. The van der Waals surface area contributed by atoms with E-state index in [9.17, 15) is 9.59 Å². The molecular weight excluding hydrogens is 476 g/mol. The average molecular weight is 503 g/mol. The Bertz CT molecular complexity index is 1300. The number of piperazine rings is 1. The summed E-state index contributed by atoms with van der Waals surface area (Å²) in [6.45, 7) is 3.40. The lowest BCUT2D eigenvalue weighted by Gasteiger charge is -2.42. The van der Waals surface area contributed by atoms with Gasteiger partial charge in [0.05, 0.1) is 17.6 Å². The highest BCUT2D eigenvalue weighted by molar-refractivity contribution is 7.10. The molecule has 36 heavy (non-hydrogen) atoms. The Kier molecular flexibility index (Phi) is 6.99. The molecule has 5 heterocycles. The van der Waals surface area contributed by atoms with Crippen molar-refractivity contribution >= 4 is 29.0 Å². The van der Waals surface area contributed by atoms with Gasteiger partial charge in [-0.3, -0.25) is 19.1 Å². The van der Waals surface area contributed by atoms with E-state index in [1.54, 1.807) is 57.9 Å². The molecule has 2 unspecified atom stereocenters. The van der Waals surface area contributed by atoms with E-state index in [1.807, 2.05) is 36.7 Å². The first kappa shape index (κ1) is 23.6. The third-order valence-electron chi connectivity index (χ3n) is 6.15. The Hall–Kier alpha value is -4.12. The van der Waals surface area contributed by atoms with E-state index in [4.69, 9.17) is 0 Å². The summed E-state index contributed by atoms with van der Waals surface area (Å²) >= 11 is 1.61. The lowest BCUT2D eigenvalue weighted by Crippen LogP contribution is -2.56. The third kappa shape index (κ3) is 5.25. The number of carbonyl (C=O) groups excluding carboxylic acids is 2. The number of thiophene rings is 1. The van der Waals surface area contributed by atoms with Crippen LogP contribution in [0.4, 0.5) is 5.82 Å². The zero-order valence-electron chi connectivity index (χ0n) is 19.8. The molecule has 1 fully saturated rings. The minimum atomic E-state index is -0.263. The maximum atomic E-state index is 13.1. The Morgan fingerprint density at radius 3 is 2.78 bits per heavy atom. The Balaban J connectivity index is 1.37. The number of hydrogen-bond acceptors (Lipinski definition) is 8. The molecule has 4 aromatic rings. The van der Waals surface area contributed by atoms with Crippen LogP contribution >= 0.6 is 11.3 Å². The number of imidazole rings is 1. The van der Waals surface area contributed by atoms with Gasteiger partial charge in [-0.2, -0.15) is 0 Å². The summed E-state index contributed by atoms with van der Waals surface area (Å²) in [5, 5.41) is 5.09. The highest BCUT2D eigenvalue weighted by Crippen LogP contribution is 2.24. The van der Waals surface area contributed by atoms with Crippen LogP contribution in [0, 0.1) is 0 Å². The standard InChI is InChI=1S/C25H26N8O2S/c1-18(21-5-3-11-36-21)30-24(34)12-20-15-31(25(35)19-4-2-6-26-14-19)9-10-33(20)23-13-22(28-16-29-23)32-8-7-27-17-32/h2-8,11,13-14,16-18,20H,9-10,12,15H2,1H3,(H,30,34). The second-order valence-corrected chi connectivity index (χ2v) is 9.53. The van der Waals surface area contributed by atoms with E-state index >= 15 is 0 Å². The second-order valence-electron chi connectivity index (χ2n) is 8.55. The summed E-state index contributed by atoms with van der Waals surface area (Å²) in [6.07, 6.45) is 10.1. The molecule has 0 aromatic carbocycles. The Morgan fingerprint density at radius 2 is 2.03 bits per heavy atom. The van der Waals surface area contributed by atoms with Crippen LogP contribution in [0.1, 0.15) is 34.6 Å². The molecule has 1 aliphatic heterocycles. The zero-order chi connectivity index (χ0) is 24.9. The minimum Gasteiger partial charge on any atom is -0.349 e. The fourth-order valence-corrected chi connectivity index (χ4v) is 5.08. The summed E-state index contributed by atoms with van der Waals surface area (Å²) < 4.78 is 1.80. The molecule has 0 spiro atoms. The molecule has 0 saturated carbocycles. The van der Waals surface area contributed by atoms with Gasteiger partial charge in [0.15, 0.2) is 0 Å². The van der Waals surface area contributed by atoms with Gasteiger partial charge in [0.1, 0.15) is 24.3 Å². The van der Waals surface area contributed by atoms with Gasteiger partial charge in [-0.25, -0.2) is 15.0 Å². The number of aromatic nitrogens is 5. The van der Waals surface area contributed by atoms with E-state index < -0.39 is 0 Å². The topological polar surface area (TPSA) is 109 Å². The first-order valence-corrected chi connectivity index (χ1v) is 12.6.